The second-order valence-electron chi connectivity index (χ2n) is 36.8. The summed E-state index contributed by atoms with van der Waals surface area (Å²) in [5.74, 6) is 0. The fourth-order valence-electron chi connectivity index (χ4n) is 22.3. The first kappa shape index (κ1) is 82.6. The van der Waals surface area contributed by atoms with E-state index in [2.05, 4.69) is 535 Å². The lowest BCUT2D eigenvalue weighted by molar-refractivity contribution is 0.669. The van der Waals surface area contributed by atoms with Crippen molar-refractivity contribution in [3.63, 3.8) is 0 Å². The number of nitrogens with zero attached hydrogens (tertiary/aromatic N) is 4. The van der Waals surface area contributed by atoms with Crippen LogP contribution in [-0.2, 0) is 0 Å². The molecule has 0 saturated carbocycles. The Bertz CT molecular complexity index is 9730. The Balaban J connectivity index is 0.000000142. The minimum atomic E-state index is 0.891. The summed E-state index contributed by atoms with van der Waals surface area (Å²) in [4.78, 5) is 4.76. The van der Waals surface area contributed by atoms with Crippen molar-refractivity contribution in [1.29, 1.82) is 0 Å². The van der Waals surface area contributed by atoms with Gasteiger partial charge in [-0.05, 0) is 243 Å². The molecule has 0 atom stereocenters. The minimum absolute atomic E-state index is 0.891. The van der Waals surface area contributed by atoms with Crippen LogP contribution in [0.15, 0.2) is 543 Å². The van der Waals surface area contributed by atoms with Crippen molar-refractivity contribution in [2.75, 3.05) is 9.80 Å². The minimum Gasteiger partial charge on any atom is -0.455 e. The highest BCUT2D eigenvalue weighted by Crippen LogP contribution is 2.50. The third kappa shape index (κ3) is 14.2. The second kappa shape index (κ2) is 34.7. The van der Waals surface area contributed by atoms with Gasteiger partial charge in [-0.25, -0.2) is 0 Å². The van der Waals surface area contributed by atoms with Crippen LogP contribution in [0.2, 0.25) is 0 Å². The molecule has 24 aromatic carbocycles. The van der Waals surface area contributed by atoms with Crippen molar-refractivity contribution in [3.8, 4) is 100 Å². The van der Waals surface area contributed by atoms with Crippen LogP contribution >= 0.6 is 0 Å². The van der Waals surface area contributed by atoms with Crippen LogP contribution in [0.5, 0.6) is 0 Å². The van der Waals surface area contributed by atoms with E-state index in [-0.39, 0.29) is 0 Å². The van der Waals surface area contributed by atoms with Crippen molar-refractivity contribution < 1.29 is 8.83 Å². The topological polar surface area (TPSA) is 42.6 Å². The molecular formula is C136H88N4O2. The first-order chi connectivity index (χ1) is 70.5. The third-order valence-corrected chi connectivity index (χ3v) is 28.8. The summed E-state index contributed by atoms with van der Waals surface area (Å²) in [5, 5.41) is 19.5. The van der Waals surface area contributed by atoms with Crippen molar-refractivity contribution in [2.45, 2.75) is 0 Å². The van der Waals surface area contributed by atoms with Gasteiger partial charge in [-0.2, -0.15) is 0 Å². The first-order valence-corrected chi connectivity index (χ1v) is 48.7. The van der Waals surface area contributed by atoms with Gasteiger partial charge in [0.1, 0.15) is 22.3 Å². The zero-order valence-corrected chi connectivity index (χ0v) is 77.4. The summed E-state index contributed by atoms with van der Waals surface area (Å²) >= 11 is 0. The second-order valence-corrected chi connectivity index (χ2v) is 36.8. The summed E-state index contributed by atoms with van der Waals surface area (Å²) in [6.07, 6.45) is 0. The molecule has 0 fully saturated rings. The summed E-state index contributed by atoms with van der Waals surface area (Å²) < 4.78 is 18.0. The molecule has 0 aliphatic heterocycles. The third-order valence-electron chi connectivity index (χ3n) is 28.8. The van der Waals surface area contributed by atoms with E-state index in [1.165, 1.54) is 137 Å². The molecule has 0 radical (unpaired) electrons. The molecule has 0 saturated heterocycles. The first-order valence-electron chi connectivity index (χ1n) is 48.7. The van der Waals surface area contributed by atoms with Crippen LogP contribution in [0.3, 0.4) is 0 Å². The van der Waals surface area contributed by atoms with E-state index in [9.17, 15) is 0 Å². The number of rotatable bonds is 16. The number of benzene rings is 24. The maximum atomic E-state index is 6.59. The standard InChI is InChI=1S/2C68H44N2O/c1-2-24-53-48(18-1)44-63(57-27-6-5-25-55(53)57)47-20-16-22-51(43-47)69(50-21-15-19-46(42-50)54-32-17-33-62-61-31-10-14-37-67(61)71-68(54)62)49-40-38-45(39-41-49)52-23-3-4-26-56(52)58-28-7-11-34-64(58)70-65-35-12-8-29-59(65)60-30-9-13-36-66(60)70;1-2-21-53-48(17-1)44-63(57-24-6-5-22-55(53)57)46-37-41-50(42-38-46)69(51-19-15-18-47(43-51)54-29-16-30-62-61-28-10-14-34-67(61)71-68(54)62)49-39-35-45(36-40-49)52-20-3-4-23-56(52)58-25-7-11-31-64(58)70-65-32-12-8-26-59(65)60-27-9-13-33-66(60)70/h2*1-44H. The summed E-state index contributed by atoms with van der Waals surface area (Å²) in [6, 6.07) is 193. The molecule has 6 heteroatoms. The number of anilines is 6. The Hall–Kier alpha value is -18.9. The van der Waals surface area contributed by atoms with Gasteiger partial charge in [-0.1, -0.05) is 400 Å². The molecule has 28 aromatic rings. The van der Waals surface area contributed by atoms with Crippen LogP contribution in [0.4, 0.5) is 34.1 Å². The van der Waals surface area contributed by atoms with Crippen LogP contribution in [0.1, 0.15) is 0 Å². The predicted octanol–water partition coefficient (Wildman–Crippen LogP) is 38.3. The SMILES string of the molecule is c1cc(-c2cc3ccccc3c3ccccc23)cc(N(c2ccc(-c3ccccc3-c3ccccc3-n3c4ccccc4c4ccccc43)cc2)c2cccc(-c3cccc4c3oc3ccccc34)c2)c1.c1cc(-c2cccc3c2oc2ccccc23)cc(N(c2ccc(-c3ccccc3-c3ccccc3-n3c4ccccc4c4ccccc43)cc2)c2ccc(-c3cc4ccccc4c4ccccc34)cc2)c1. The van der Waals surface area contributed by atoms with Gasteiger partial charge < -0.3 is 27.8 Å². The molecule has 0 spiro atoms. The molecule has 0 bridgehead atoms. The van der Waals surface area contributed by atoms with Gasteiger partial charge in [0.05, 0.1) is 33.4 Å². The zero-order chi connectivity index (χ0) is 93.7. The molecule has 0 unspecified atom stereocenters. The highest BCUT2D eigenvalue weighted by Gasteiger charge is 2.26. The lowest BCUT2D eigenvalue weighted by atomic mass is 9.92. The monoisotopic (exact) mass is 1810 g/mol. The van der Waals surface area contributed by atoms with Crippen LogP contribution in [-0.4, -0.2) is 9.13 Å². The predicted molar refractivity (Wildman–Crippen MR) is 599 cm³/mol. The van der Waals surface area contributed by atoms with Crippen LogP contribution < -0.4 is 9.80 Å². The van der Waals surface area contributed by atoms with Gasteiger partial charge in [0.25, 0.3) is 0 Å². The van der Waals surface area contributed by atoms with Gasteiger partial charge in [0.2, 0.25) is 0 Å². The van der Waals surface area contributed by atoms with Gasteiger partial charge in [0, 0.05) is 99.5 Å². The van der Waals surface area contributed by atoms with Crippen molar-refractivity contribution in [1.82, 2.24) is 9.13 Å². The van der Waals surface area contributed by atoms with E-state index < -0.39 is 0 Å². The van der Waals surface area contributed by atoms with Gasteiger partial charge >= 0.3 is 0 Å². The fourth-order valence-corrected chi connectivity index (χ4v) is 22.3. The molecule has 0 amide bonds. The molecule has 4 aromatic heterocycles. The summed E-state index contributed by atoms with van der Waals surface area (Å²) in [7, 11) is 0. The average Bonchev–Trinajstić information content (AvgIpc) is 1.55. The van der Waals surface area contributed by atoms with Crippen molar-refractivity contribution in [2.24, 2.45) is 0 Å². The van der Waals surface area contributed by atoms with Gasteiger partial charge in [0.15, 0.2) is 0 Å². The number of hydrogen-bond acceptors (Lipinski definition) is 4. The fraction of sp³-hybridized carbons (Fsp3) is 0. The quantitative estimate of drug-likeness (QED) is 0.0904. The maximum absolute atomic E-state index is 6.59. The van der Waals surface area contributed by atoms with Gasteiger partial charge in [-0.15, -0.1) is 0 Å². The molecule has 28 rings (SSSR count). The van der Waals surface area contributed by atoms with Crippen LogP contribution in [0, 0.1) is 0 Å². The van der Waals surface area contributed by atoms with E-state index in [0.717, 1.165) is 128 Å². The number of hydrogen-bond donors (Lipinski definition) is 0. The Kier molecular flexibility index (Phi) is 20.2. The van der Waals surface area contributed by atoms with Crippen molar-refractivity contribution >= 4 is 165 Å². The number of para-hydroxylation sites is 10. The molecule has 0 aliphatic carbocycles. The molecular weight excluding hydrogens is 1720 g/mol. The Labute approximate surface area is 820 Å². The highest BCUT2D eigenvalue weighted by molar-refractivity contribution is 6.18. The molecule has 0 N–H and O–H groups in total. The average molecular weight is 1810 g/mol. The number of furan rings is 2. The molecule has 664 valence electrons. The number of fused-ring (bicyclic) bond motifs is 18. The maximum Gasteiger partial charge on any atom is 0.143 e. The number of aromatic nitrogens is 2. The van der Waals surface area contributed by atoms with E-state index in [1.807, 2.05) is 18.2 Å². The van der Waals surface area contributed by atoms with E-state index in [4.69, 9.17) is 8.83 Å². The van der Waals surface area contributed by atoms with Gasteiger partial charge in [-0.3, -0.25) is 0 Å². The van der Waals surface area contributed by atoms with E-state index in [1.54, 1.807) is 0 Å². The molecule has 0 aliphatic rings. The molecule has 142 heavy (non-hydrogen) atoms. The summed E-state index contributed by atoms with van der Waals surface area (Å²) in [5.41, 5.74) is 35.4. The van der Waals surface area contributed by atoms with Crippen molar-refractivity contribution in [3.05, 3.63) is 534 Å². The largest absolute Gasteiger partial charge is 0.455 e. The zero-order valence-electron chi connectivity index (χ0n) is 77.4. The lowest BCUT2D eigenvalue weighted by Crippen LogP contribution is -2.10. The molecule has 4 heterocycles. The Morgan fingerprint density at radius 3 is 0.789 bits per heavy atom. The lowest BCUT2D eigenvalue weighted by Gasteiger charge is -2.27. The van der Waals surface area contributed by atoms with Crippen LogP contribution in [0.25, 0.3) is 231 Å². The normalized spacial score (nSPS) is 11.7. The highest BCUT2D eigenvalue weighted by atomic mass is 16.3. The summed E-state index contributed by atoms with van der Waals surface area (Å²) in [6.45, 7) is 0. The Morgan fingerprint density at radius 2 is 0.401 bits per heavy atom. The molecule has 6 nitrogen and oxygen atoms in total. The Morgan fingerprint density at radius 1 is 0.141 bits per heavy atom. The van der Waals surface area contributed by atoms with E-state index >= 15 is 0 Å². The van der Waals surface area contributed by atoms with E-state index in [0.29, 0.717) is 0 Å². The smallest absolute Gasteiger partial charge is 0.143 e.